The van der Waals surface area contributed by atoms with Crippen molar-refractivity contribution < 1.29 is 18.5 Å². The van der Waals surface area contributed by atoms with Crippen LogP contribution in [0.5, 0.6) is 0 Å². The summed E-state index contributed by atoms with van der Waals surface area (Å²) in [6.45, 7) is 1.54. The van der Waals surface area contributed by atoms with Crippen LogP contribution in [0.3, 0.4) is 0 Å². The Hall–Kier alpha value is -3.88. The fraction of sp³-hybridized carbons (Fsp3) is 0.0588. The van der Waals surface area contributed by atoms with E-state index in [9.17, 15) is 9.59 Å². The summed E-state index contributed by atoms with van der Waals surface area (Å²) in [6, 6.07) is 7.10. The molecule has 4 aromatic rings. The van der Waals surface area contributed by atoms with Gasteiger partial charge in [-0.15, -0.1) is 0 Å². The maximum absolute atomic E-state index is 12.4. The number of benzene rings is 1. The maximum atomic E-state index is 12.4. The van der Waals surface area contributed by atoms with Crippen LogP contribution >= 0.6 is 0 Å². The number of primary amides is 1. The number of amides is 2. The molecule has 9 heteroatoms. The third kappa shape index (κ3) is 2.51. The standard InChI is InChI=1S/C17H13N5O4/c1-8-13(22-26-15(8)16(18)23)17(24)19-10-2-3-12-11(6-10)14(21-20-12)9-4-5-25-7-9/h2-7H,1H3,(H2,18,23)(H,19,24)(H,20,21). The Labute approximate surface area is 146 Å². The zero-order chi connectivity index (χ0) is 18.3. The van der Waals surface area contributed by atoms with E-state index in [0.29, 0.717) is 16.9 Å². The molecule has 0 saturated carbocycles. The van der Waals surface area contributed by atoms with Crippen molar-refractivity contribution in [1.29, 1.82) is 0 Å². The van der Waals surface area contributed by atoms with E-state index >= 15 is 0 Å². The normalized spacial score (nSPS) is 11.0. The van der Waals surface area contributed by atoms with Crippen molar-refractivity contribution in [3.05, 3.63) is 53.8 Å². The minimum Gasteiger partial charge on any atom is -0.472 e. The van der Waals surface area contributed by atoms with Gasteiger partial charge in [-0.3, -0.25) is 14.7 Å². The third-order valence-electron chi connectivity index (χ3n) is 3.98. The first-order valence-electron chi connectivity index (χ1n) is 7.62. The van der Waals surface area contributed by atoms with Crippen molar-refractivity contribution in [1.82, 2.24) is 15.4 Å². The van der Waals surface area contributed by atoms with Gasteiger partial charge in [-0.1, -0.05) is 5.16 Å². The first-order valence-corrected chi connectivity index (χ1v) is 7.62. The van der Waals surface area contributed by atoms with Crippen molar-refractivity contribution in [2.24, 2.45) is 5.73 Å². The van der Waals surface area contributed by atoms with Gasteiger partial charge in [0.15, 0.2) is 5.69 Å². The van der Waals surface area contributed by atoms with Crippen LogP contribution in [0.4, 0.5) is 5.69 Å². The van der Waals surface area contributed by atoms with Crippen LogP contribution in [-0.4, -0.2) is 27.2 Å². The molecule has 0 fully saturated rings. The number of carbonyl (C=O) groups is 2. The summed E-state index contributed by atoms with van der Waals surface area (Å²) >= 11 is 0. The number of nitrogens with two attached hydrogens (primary N) is 1. The monoisotopic (exact) mass is 351 g/mol. The van der Waals surface area contributed by atoms with E-state index in [4.69, 9.17) is 14.7 Å². The molecule has 9 nitrogen and oxygen atoms in total. The second-order valence-electron chi connectivity index (χ2n) is 5.65. The van der Waals surface area contributed by atoms with Gasteiger partial charge in [-0.2, -0.15) is 5.10 Å². The number of furan rings is 1. The van der Waals surface area contributed by atoms with E-state index in [1.807, 2.05) is 0 Å². The van der Waals surface area contributed by atoms with E-state index in [1.165, 1.54) is 0 Å². The van der Waals surface area contributed by atoms with E-state index in [0.717, 1.165) is 16.5 Å². The quantitative estimate of drug-likeness (QED) is 0.516. The van der Waals surface area contributed by atoms with E-state index in [2.05, 4.69) is 20.7 Å². The highest BCUT2D eigenvalue weighted by molar-refractivity contribution is 6.07. The molecule has 1 aromatic carbocycles. The number of rotatable bonds is 4. The van der Waals surface area contributed by atoms with Crippen LogP contribution in [-0.2, 0) is 0 Å². The molecule has 4 N–H and O–H groups in total. The molecule has 0 bridgehead atoms. The van der Waals surface area contributed by atoms with Crippen LogP contribution in [0.15, 0.2) is 45.7 Å². The lowest BCUT2D eigenvalue weighted by atomic mass is 10.1. The summed E-state index contributed by atoms with van der Waals surface area (Å²) in [5.74, 6) is -1.42. The van der Waals surface area contributed by atoms with E-state index < -0.39 is 11.8 Å². The second-order valence-corrected chi connectivity index (χ2v) is 5.65. The molecule has 0 aliphatic heterocycles. The Kier molecular flexibility index (Phi) is 3.54. The summed E-state index contributed by atoms with van der Waals surface area (Å²) in [4.78, 5) is 23.7. The molecule has 0 saturated heterocycles. The van der Waals surface area contributed by atoms with Gasteiger partial charge in [-0.25, -0.2) is 0 Å². The number of fused-ring (bicyclic) bond motifs is 1. The number of hydrogen-bond donors (Lipinski definition) is 3. The Morgan fingerprint density at radius 3 is 2.81 bits per heavy atom. The number of nitrogens with zero attached hydrogens (tertiary/aromatic N) is 2. The summed E-state index contributed by atoms with van der Waals surface area (Å²) in [7, 11) is 0. The van der Waals surface area contributed by atoms with Gasteiger partial charge in [0, 0.05) is 22.2 Å². The Balaban J connectivity index is 1.66. The number of carbonyl (C=O) groups excluding carboxylic acids is 2. The SMILES string of the molecule is Cc1c(C(=O)Nc2ccc3[nH]nc(-c4ccoc4)c3c2)noc1C(N)=O. The Bertz CT molecular complexity index is 1120. The molecule has 3 heterocycles. The fourth-order valence-electron chi connectivity index (χ4n) is 2.68. The summed E-state index contributed by atoms with van der Waals surface area (Å²) in [5.41, 5.74) is 8.34. The summed E-state index contributed by atoms with van der Waals surface area (Å²) in [6.07, 6.45) is 3.15. The minimum atomic E-state index is -0.779. The zero-order valence-corrected chi connectivity index (χ0v) is 13.6. The lowest BCUT2D eigenvalue weighted by Gasteiger charge is -2.04. The lowest BCUT2D eigenvalue weighted by Crippen LogP contribution is -2.15. The number of anilines is 1. The molecule has 0 unspecified atom stereocenters. The number of hydrogen-bond acceptors (Lipinski definition) is 6. The molecule has 0 aliphatic carbocycles. The highest BCUT2D eigenvalue weighted by Gasteiger charge is 2.22. The lowest BCUT2D eigenvalue weighted by molar-refractivity contribution is 0.0959. The number of nitrogens with one attached hydrogen (secondary N) is 2. The van der Waals surface area contributed by atoms with Crippen LogP contribution < -0.4 is 11.1 Å². The molecule has 2 amide bonds. The smallest absolute Gasteiger partial charge is 0.287 e. The van der Waals surface area contributed by atoms with Gasteiger partial charge in [0.05, 0.1) is 18.0 Å². The topological polar surface area (TPSA) is 140 Å². The van der Waals surface area contributed by atoms with Crippen LogP contribution in [0.1, 0.15) is 26.6 Å². The van der Waals surface area contributed by atoms with Crippen molar-refractivity contribution in [3.8, 4) is 11.3 Å². The largest absolute Gasteiger partial charge is 0.472 e. The van der Waals surface area contributed by atoms with Crippen molar-refractivity contribution in [3.63, 3.8) is 0 Å². The van der Waals surface area contributed by atoms with Gasteiger partial charge in [-0.05, 0) is 31.2 Å². The molecular formula is C17H13N5O4. The Morgan fingerprint density at radius 1 is 1.27 bits per heavy atom. The average Bonchev–Trinajstić information content (AvgIpc) is 3.32. The highest BCUT2D eigenvalue weighted by Crippen LogP contribution is 2.29. The highest BCUT2D eigenvalue weighted by atomic mass is 16.5. The first-order chi connectivity index (χ1) is 12.5. The Morgan fingerprint density at radius 2 is 2.12 bits per heavy atom. The molecule has 130 valence electrons. The van der Waals surface area contributed by atoms with E-state index in [-0.39, 0.29) is 11.5 Å². The van der Waals surface area contributed by atoms with Crippen molar-refractivity contribution >= 4 is 28.4 Å². The molecule has 4 rings (SSSR count). The van der Waals surface area contributed by atoms with Crippen LogP contribution in [0.25, 0.3) is 22.2 Å². The van der Waals surface area contributed by atoms with Crippen LogP contribution in [0.2, 0.25) is 0 Å². The van der Waals surface area contributed by atoms with Crippen LogP contribution in [0, 0.1) is 6.92 Å². The number of aromatic nitrogens is 3. The van der Waals surface area contributed by atoms with Gasteiger partial charge >= 0.3 is 0 Å². The molecule has 0 aliphatic rings. The van der Waals surface area contributed by atoms with E-state index in [1.54, 1.807) is 43.7 Å². The molecular weight excluding hydrogens is 338 g/mol. The average molecular weight is 351 g/mol. The summed E-state index contributed by atoms with van der Waals surface area (Å²) in [5, 5.41) is 14.4. The first kappa shape index (κ1) is 15.6. The molecule has 3 aromatic heterocycles. The predicted molar refractivity (Wildman–Crippen MR) is 91.5 cm³/mol. The summed E-state index contributed by atoms with van der Waals surface area (Å²) < 4.78 is 9.93. The van der Waals surface area contributed by atoms with Crippen molar-refractivity contribution in [2.45, 2.75) is 6.92 Å². The zero-order valence-electron chi connectivity index (χ0n) is 13.6. The number of H-pyrrole nitrogens is 1. The molecule has 0 spiro atoms. The van der Waals surface area contributed by atoms with Gasteiger partial charge in [0.1, 0.15) is 5.69 Å². The molecule has 0 atom stereocenters. The fourth-order valence-corrected chi connectivity index (χ4v) is 2.68. The predicted octanol–water partition coefficient (Wildman–Crippen LogP) is 2.47. The van der Waals surface area contributed by atoms with Gasteiger partial charge in [0.2, 0.25) is 5.76 Å². The third-order valence-corrected chi connectivity index (χ3v) is 3.98. The maximum Gasteiger partial charge on any atom is 0.287 e. The minimum absolute atomic E-state index is 0.00106. The van der Waals surface area contributed by atoms with Gasteiger partial charge < -0.3 is 20.0 Å². The second kappa shape index (κ2) is 5.88. The van der Waals surface area contributed by atoms with Gasteiger partial charge in [0.25, 0.3) is 11.8 Å². The molecule has 0 radical (unpaired) electrons. The molecule has 26 heavy (non-hydrogen) atoms. The van der Waals surface area contributed by atoms with Crippen molar-refractivity contribution in [2.75, 3.05) is 5.32 Å². The number of aromatic amines is 1.